The van der Waals surface area contributed by atoms with Crippen LogP contribution in [-0.2, 0) is 6.54 Å². The Balaban J connectivity index is 2.14. The van der Waals surface area contributed by atoms with E-state index in [4.69, 9.17) is 0 Å². The van der Waals surface area contributed by atoms with Crippen LogP contribution in [0, 0.1) is 10.1 Å². The van der Waals surface area contributed by atoms with Gasteiger partial charge in [0.1, 0.15) is 0 Å². The number of likely N-dealkylation sites (tertiary alicyclic amines) is 1. The van der Waals surface area contributed by atoms with Crippen molar-refractivity contribution in [2.24, 2.45) is 0 Å². The molecule has 1 aliphatic rings. The van der Waals surface area contributed by atoms with Crippen molar-refractivity contribution < 1.29 is 4.92 Å². The van der Waals surface area contributed by atoms with E-state index in [1.54, 1.807) is 12.1 Å². The van der Waals surface area contributed by atoms with Gasteiger partial charge in [0.05, 0.1) is 4.92 Å². The topological polar surface area (TPSA) is 46.4 Å². The molecule has 0 bridgehead atoms. The fraction of sp³-hybridized carbons (Fsp3) is 0.538. The second-order valence-electron chi connectivity index (χ2n) is 4.70. The first-order chi connectivity index (χ1) is 8.18. The van der Waals surface area contributed by atoms with E-state index >= 15 is 0 Å². The molecule has 1 aromatic rings. The third-order valence-corrected chi connectivity index (χ3v) is 3.50. The maximum absolute atomic E-state index is 10.9. The molecule has 1 heterocycles. The van der Waals surface area contributed by atoms with Crippen molar-refractivity contribution in [3.05, 3.63) is 39.9 Å². The Kier molecular flexibility index (Phi) is 3.74. The Morgan fingerprint density at radius 3 is 2.88 bits per heavy atom. The van der Waals surface area contributed by atoms with Crippen LogP contribution in [0.2, 0.25) is 0 Å². The molecule has 1 aromatic carbocycles. The standard InChI is InChI=1S/C13H18N2O2/c1-11-6-4-5-9-14(11)10-12-7-2-3-8-13(12)15(16)17/h2-3,7-8,11H,4-6,9-10H2,1H3. The molecule has 1 unspecified atom stereocenters. The number of rotatable bonds is 3. The summed E-state index contributed by atoms with van der Waals surface area (Å²) in [4.78, 5) is 13.0. The van der Waals surface area contributed by atoms with Gasteiger partial charge in [-0.1, -0.05) is 24.6 Å². The monoisotopic (exact) mass is 234 g/mol. The van der Waals surface area contributed by atoms with E-state index in [0.717, 1.165) is 12.1 Å². The molecule has 0 saturated carbocycles. The number of hydrogen-bond acceptors (Lipinski definition) is 3. The zero-order chi connectivity index (χ0) is 12.3. The molecule has 1 atom stereocenters. The number of nitrogens with zero attached hydrogens (tertiary/aromatic N) is 2. The minimum absolute atomic E-state index is 0.241. The Morgan fingerprint density at radius 1 is 1.41 bits per heavy atom. The van der Waals surface area contributed by atoms with Crippen LogP contribution < -0.4 is 0 Å². The summed E-state index contributed by atoms with van der Waals surface area (Å²) in [6, 6.07) is 7.57. The van der Waals surface area contributed by atoms with E-state index in [2.05, 4.69) is 11.8 Å². The van der Waals surface area contributed by atoms with Crippen molar-refractivity contribution in [3.8, 4) is 0 Å². The summed E-state index contributed by atoms with van der Waals surface area (Å²) in [5, 5.41) is 10.9. The first kappa shape index (κ1) is 12.0. The molecule has 0 radical (unpaired) electrons. The lowest BCUT2D eigenvalue weighted by atomic mass is 10.0. The van der Waals surface area contributed by atoms with Crippen molar-refractivity contribution >= 4 is 5.69 Å². The van der Waals surface area contributed by atoms with E-state index in [0.29, 0.717) is 12.6 Å². The Labute approximate surface area is 101 Å². The summed E-state index contributed by atoms with van der Waals surface area (Å²) in [7, 11) is 0. The zero-order valence-electron chi connectivity index (χ0n) is 10.1. The zero-order valence-corrected chi connectivity index (χ0v) is 10.1. The van der Waals surface area contributed by atoms with Gasteiger partial charge in [-0.2, -0.15) is 0 Å². The minimum atomic E-state index is -0.288. The van der Waals surface area contributed by atoms with Crippen LogP contribution in [0.1, 0.15) is 31.7 Å². The molecule has 4 nitrogen and oxygen atoms in total. The third kappa shape index (κ3) is 2.82. The summed E-state index contributed by atoms with van der Waals surface area (Å²) in [5.74, 6) is 0. The Bertz CT molecular complexity index is 406. The molecular weight excluding hydrogens is 216 g/mol. The predicted molar refractivity (Wildman–Crippen MR) is 66.8 cm³/mol. The number of nitro groups is 1. The van der Waals surface area contributed by atoms with Crippen LogP contribution in [0.3, 0.4) is 0 Å². The molecule has 1 fully saturated rings. The van der Waals surface area contributed by atoms with Crippen LogP contribution >= 0.6 is 0 Å². The third-order valence-electron chi connectivity index (χ3n) is 3.50. The van der Waals surface area contributed by atoms with Crippen molar-refractivity contribution in [2.75, 3.05) is 6.54 Å². The molecule has 0 spiro atoms. The average molecular weight is 234 g/mol. The van der Waals surface area contributed by atoms with E-state index in [9.17, 15) is 10.1 Å². The second kappa shape index (κ2) is 5.27. The van der Waals surface area contributed by atoms with E-state index in [1.807, 2.05) is 12.1 Å². The molecule has 0 aliphatic carbocycles. The highest BCUT2D eigenvalue weighted by molar-refractivity contribution is 5.39. The van der Waals surface area contributed by atoms with Gasteiger partial charge in [-0.15, -0.1) is 0 Å². The molecule has 17 heavy (non-hydrogen) atoms. The largest absolute Gasteiger partial charge is 0.296 e. The molecule has 1 saturated heterocycles. The van der Waals surface area contributed by atoms with Gasteiger partial charge in [-0.3, -0.25) is 15.0 Å². The first-order valence-electron chi connectivity index (χ1n) is 6.15. The van der Waals surface area contributed by atoms with Crippen molar-refractivity contribution in [3.63, 3.8) is 0 Å². The maximum Gasteiger partial charge on any atom is 0.273 e. The van der Waals surface area contributed by atoms with Crippen LogP contribution in [0.4, 0.5) is 5.69 Å². The molecule has 1 aliphatic heterocycles. The number of para-hydroxylation sites is 1. The highest BCUT2D eigenvalue weighted by atomic mass is 16.6. The van der Waals surface area contributed by atoms with E-state index in [-0.39, 0.29) is 10.6 Å². The quantitative estimate of drug-likeness (QED) is 0.596. The van der Waals surface area contributed by atoms with Gasteiger partial charge in [0.2, 0.25) is 0 Å². The van der Waals surface area contributed by atoms with Crippen molar-refractivity contribution in [2.45, 2.75) is 38.8 Å². The maximum atomic E-state index is 10.9. The number of benzene rings is 1. The van der Waals surface area contributed by atoms with Crippen molar-refractivity contribution in [1.82, 2.24) is 4.90 Å². The predicted octanol–water partition coefficient (Wildman–Crippen LogP) is 2.97. The number of hydrogen-bond donors (Lipinski definition) is 0. The molecule has 0 aromatic heterocycles. The summed E-state index contributed by atoms with van der Waals surface area (Å²) in [6.45, 7) is 3.94. The lowest BCUT2D eigenvalue weighted by Crippen LogP contribution is -2.36. The first-order valence-corrected chi connectivity index (χ1v) is 6.15. The molecule has 4 heteroatoms. The fourth-order valence-corrected chi connectivity index (χ4v) is 2.43. The van der Waals surface area contributed by atoms with Crippen LogP contribution in [0.5, 0.6) is 0 Å². The van der Waals surface area contributed by atoms with E-state index < -0.39 is 0 Å². The normalized spacial score (nSPS) is 21.4. The highest BCUT2D eigenvalue weighted by Crippen LogP contribution is 2.24. The van der Waals surface area contributed by atoms with Gasteiger partial charge in [0, 0.05) is 24.2 Å². The van der Waals surface area contributed by atoms with Crippen LogP contribution in [0.25, 0.3) is 0 Å². The van der Waals surface area contributed by atoms with Crippen molar-refractivity contribution in [1.29, 1.82) is 0 Å². The molecule has 0 amide bonds. The Hall–Kier alpha value is -1.42. The second-order valence-corrected chi connectivity index (χ2v) is 4.70. The molecule has 92 valence electrons. The van der Waals surface area contributed by atoms with E-state index in [1.165, 1.54) is 19.3 Å². The van der Waals surface area contributed by atoms with Gasteiger partial charge in [0.25, 0.3) is 5.69 Å². The minimum Gasteiger partial charge on any atom is -0.296 e. The Morgan fingerprint density at radius 2 is 2.18 bits per heavy atom. The van der Waals surface area contributed by atoms with Crippen LogP contribution in [0.15, 0.2) is 24.3 Å². The van der Waals surface area contributed by atoms with Gasteiger partial charge in [0.15, 0.2) is 0 Å². The smallest absolute Gasteiger partial charge is 0.273 e. The van der Waals surface area contributed by atoms with Gasteiger partial charge >= 0.3 is 0 Å². The highest BCUT2D eigenvalue weighted by Gasteiger charge is 2.21. The van der Waals surface area contributed by atoms with Gasteiger partial charge in [-0.05, 0) is 26.3 Å². The summed E-state index contributed by atoms with van der Waals surface area (Å²) in [5.41, 5.74) is 1.07. The van der Waals surface area contributed by atoms with Gasteiger partial charge in [-0.25, -0.2) is 0 Å². The average Bonchev–Trinajstić information content (AvgIpc) is 2.32. The molecule has 2 rings (SSSR count). The van der Waals surface area contributed by atoms with Gasteiger partial charge < -0.3 is 0 Å². The number of piperidine rings is 1. The van der Waals surface area contributed by atoms with Crippen LogP contribution in [-0.4, -0.2) is 22.4 Å². The number of nitro benzene ring substituents is 1. The lowest BCUT2D eigenvalue weighted by Gasteiger charge is -2.33. The summed E-state index contributed by atoms with van der Waals surface area (Å²) >= 11 is 0. The molecule has 0 N–H and O–H groups in total. The fourth-order valence-electron chi connectivity index (χ4n) is 2.43. The SMILES string of the molecule is CC1CCCCN1Cc1ccccc1[N+](=O)[O-]. The summed E-state index contributed by atoms with van der Waals surface area (Å²) < 4.78 is 0. The molecular formula is C13H18N2O2. The summed E-state index contributed by atoms with van der Waals surface area (Å²) in [6.07, 6.45) is 3.67. The lowest BCUT2D eigenvalue weighted by molar-refractivity contribution is -0.385.